The number of aromatic nitrogens is 1. The molecule has 3 heterocycles. The van der Waals surface area contributed by atoms with Gasteiger partial charge in [0.25, 0.3) is 0 Å². The highest BCUT2D eigenvalue weighted by Gasteiger charge is 2.31. The van der Waals surface area contributed by atoms with Crippen LogP contribution in [0.5, 0.6) is 0 Å². The van der Waals surface area contributed by atoms with Gasteiger partial charge >= 0.3 is 0 Å². The molecule has 1 amide bonds. The van der Waals surface area contributed by atoms with Crippen molar-refractivity contribution in [2.24, 2.45) is 5.73 Å². The van der Waals surface area contributed by atoms with Gasteiger partial charge in [-0.2, -0.15) is 0 Å². The lowest BCUT2D eigenvalue weighted by atomic mass is 10.0. The van der Waals surface area contributed by atoms with Gasteiger partial charge in [-0.3, -0.25) is 4.79 Å². The molecule has 0 aliphatic carbocycles. The zero-order chi connectivity index (χ0) is 9.71. The van der Waals surface area contributed by atoms with Crippen LogP contribution in [0.25, 0.3) is 6.08 Å². The van der Waals surface area contributed by atoms with Gasteiger partial charge in [0, 0.05) is 11.4 Å². The summed E-state index contributed by atoms with van der Waals surface area (Å²) in [6, 6.07) is 4.06. The second kappa shape index (κ2) is 2.54. The minimum atomic E-state index is -0.339. The quantitative estimate of drug-likeness (QED) is 0.729. The number of H-pyrrole nitrogens is 1. The lowest BCUT2D eigenvalue weighted by Crippen LogP contribution is -2.15. The van der Waals surface area contributed by atoms with Crippen molar-refractivity contribution < 1.29 is 4.79 Å². The number of primary amides is 1. The molecule has 0 fully saturated rings. The van der Waals surface area contributed by atoms with Crippen molar-refractivity contribution in [3.8, 4) is 0 Å². The molecule has 1 unspecified atom stereocenters. The van der Waals surface area contributed by atoms with E-state index in [0.29, 0.717) is 5.57 Å². The molecule has 3 nitrogen and oxygen atoms in total. The maximum Gasteiger partial charge on any atom is 0.249 e. The Balaban J connectivity index is 2.12. The SMILES string of the molecule is NC(=O)C1=CSC2C1=Cc1ccc2[nH]1. The molecular formula is C10H8N2OS. The standard InChI is InChI=1S/C10H8N2OS/c11-10(13)7-4-14-9-6(7)3-5-1-2-8(9)12-5/h1-4,9,12H,(H2,11,13). The fraction of sp³-hybridized carbons (Fsp3) is 0.100. The summed E-state index contributed by atoms with van der Waals surface area (Å²) in [4.78, 5) is 14.4. The maximum absolute atomic E-state index is 11.1. The Kier molecular flexibility index (Phi) is 1.44. The van der Waals surface area contributed by atoms with E-state index in [0.717, 1.165) is 17.0 Å². The first-order valence-electron chi connectivity index (χ1n) is 4.32. The van der Waals surface area contributed by atoms with E-state index in [-0.39, 0.29) is 11.2 Å². The van der Waals surface area contributed by atoms with Crippen molar-refractivity contribution in [1.82, 2.24) is 4.98 Å². The van der Waals surface area contributed by atoms with Crippen LogP contribution in [0, 0.1) is 0 Å². The Morgan fingerprint density at radius 3 is 3.14 bits per heavy atom. The molecule has 70 valence electrons. The first-order valence-corrected chi connectivity index (χ1v) is 5.26. The van der Waals surface area contributed by atoms with E-state index < -0.39 is 0 Å². The zero-order valence-corrected chi connectivity index (χ0v) is 8.10. The molecule has 2 aliphatic heterocycles. The molecular weight excluding hydrogens is 196 g/mol. The van der Waals surface area contributed by atoms with Gasteiger partial charge in [-0.15, -0.1) is 11.8 Å². The summed E-state index contributed by atoms with van der Waals surface area (Å²) >= 11 is 1.63. The number of carbonyl (C=O) groups is 1. The van der Waals surface area contributed by atoms with Crippen LogP contribution in [-0.4, -0.2) is 10.9 Å². The number of hydrogen-bond acceptors (Lipinski definition) is 2. The highest BCUT2D eigenvalue weighted by atomic mass is 32.2. The van der Waals surface area contributed by atoms with Gasteiger partial charge in [-0.25, -0.2) is 0 Å². The van der Waals surface area contributed by atoms with Gasteiger partial charge < -0.3 is 10.7 Å². The lowest BCUT2D eigenvalue weighted by molar-refractivity contribution is -0.114. The van der Waals surface area contributed by atoms with Crippen LogP contribution in [0.4, 0.5) is 0 Å². The van der Waals surface area contributed by atoms with E-state index in [1.165, 1.54) is 0 Å². The first kappa shape index (κ1) is 7.94. The van der Waals surface area contributed by atoms with Crippen molar-refractivity contribution in [1.29, 1.82) is 0 Å². The Labute approximate surface area is 85.1 Å². The number of fused-ring (bicyclic) bond motifs is 4. The van der Waals surface area contributed by atoms with Crippen LogP contribution in [0.15, 0.2) is 28.7 Å². The predicted octanol–water partition coefficient (Wildman–Crippen LogP) is 1.57. The molecule has 0 aromatic carbocycles. The second-order valence-corrected chi connectivity index (χ2v) is 4.36. The summed E-state index contributed by atoms with van der Waals surface area (Å²) in [7, 11) is 0. The summed E-state index contributed by atoms with van der Waals surface area (Å²) in [5.74, 6) is -0.339. The average molecular weight is 204 g/mol. The highest BCUT2D eigenvalue weighted by molar-refractivity contribution is 8.03. The van der Waals surface area contributed by atoms with Crippen molar-refractivity contribution in [3.05, 3.63) is 40.1 Å². The van der Waals surface area contributed by atoms with Gasteiger partial charge in [-0.1, -0.05) is 0 Å². The number of rotatable bonds is 1. The van der Waals surface area contributed by atoms with Crippen LogP contribution in [-0.2, 0) is 4.79 Å². The summed E-state index contributed by atoms with van der Waals surface area (Å²) in [6.07, 6.45) is 1.99. The maximum atomic E-state index is 11.1. The van der Waals surface area contributed by atoms with Gasteiger partial charge in [-0.05, 0) is 29.2 Å². The van der Waals surface area contributed by atoms with Crippen molar-refractivity contribution >= 4 is 23.7 Å². The van der Waals surface area contributed by atoms with E-state index in [4.69, 9.17) is 5.73 Å². The number of hydrogen-bond donors (Lipinski definition) is 2. The smallest absolute Gasteiger partial charge is 0.249 e. The van der Waals surface area contributed by atoms with Crippen LogP contribution in [0.1, 0.15) is 16.6 Å². The van der Waals surface area contributed by atoms with E-state index in [9.17, 15) is 4.79 Å². The third kappa shape index (κ3) is 0.915. The molecule has 14 heavy (non-hydrogen) atoms. The van der Waals surface area contributed by atoms with Gasteiger partial charge in [0.2, 0.25) is 5.91 Å². The van der Waals surface area contributed by atoms with Gasteiger partial charge in [0.15, 0.2) is 0 Å². The van der Waals surface area contributed by atoms with E-state index >= 15 is 0 Å². The van der Waals surface area contributed by atoms with Crippen molar-refractivity contribution in [3.63, 3.8) is 0 Å². The first-order chi connectivity index (χ1) is 6.75. The molecule has 0 radical (unpaired) electrons. The second-order valence-electron chi connectivity index (χ2n) is 3.38. The van der Waals surface area contributed by atoms with E-state index in [2.05, 4.69) is 4.98 Å². The monoisotopic (exact) mass is 204 g/mol. The molecule has 1 aromatic rings. The minimum absolute atomic E-state index is 0.236. The van der Waals surface area contributed by atoms with Crippen LogP contribution in [0.2, 0.25) is 0 Å². The van der Waals surface area contributed by atoms with E-state index in [1.54, 1.807) is 11.8 Å². The molecule has 2 aliphatic rings. The predicted molar refractivity (Wildman–Crippen MR) is 56.4 cm³/mol. The van der Waals surface area contributed by atoms with Gasteiger partial charge in [0.05, 0.1) is 10.8 Å². The molecule has 0 saturated carbocycles. The fourth-order valence-electron chi connectivity index (χ4n) is 1.85. The summed E-state index contributed by atoms with van der Waals surface area (Å²) in [6.45, 7) is 0. The molecule has 3 N–H and O–H groups in total. The van der Waals surface area contributed by atoms with Crippen molar-refractivity contribution in [2.45, 2.75) is 5.25 Å². The Morgan fingerprint density at radius 2 is 2.36 bits per heavy atom. The number of carbonyl (C=O) groups excluding carboxylic acids is 1. The van der Waals surface area contributed by atoms with Crippen molar-refractivity contribution in [2.75, 3.05) is 0 Å². The highest BCUT2D eigenvalue weighted by Crippen LogP contribution is 2.48. The number of aromatic amines is 1. The zero-order valence-electron chi connectivity index (χ0n) is 7.28. The summed E-state index contributed by atoms with van der Waals surface area (Å²) in [5.41, 5.74) is 9.18. The normalized spacial score (nSPS) is 22.7. The average Bonchev–Trinajstić information content (AvgIpc) is 2.71. The Morgan fingerprint density at radius 1 is 1.50 bits per heavy atom. The Bertz CT molecular complexity index is 484. The summed E-state index contributed by atoms with van der Waals surface area (Å²) in [5, 5.41) is 2.09. The number of nitrogens with one attached hydrogen (secondary N) is 1. The van der Waals surface area contributed by atoms with E-state index in [1.807, 2.05) is 23.6 Å². The number of amides is 1. The molecule has 0 spiro atoms. The lowest BCUT2D eigenvalue weighted by Gasteiger charge is -2.14. The van der Waals surface area contributed by atoms with Crippen LogP contribution < -0.4 is 5.73 Å². The van der Waals surface area contributed by atoms with Crippen LogP contribution >= 0.6 is 11.8 Å². The van der Waals surface area contributed by atoms with Crippen LogP contribution in [0.3, 0.4) is 0 Å². The Hall–Kier alpha value is -1.42. The summed E-state index contributed by atoms with van der Waals surface area (Å²) < 4.78 is 0. The number of thioether (sulfide) groups is 1. The fourth-order valence-corrected chi connectivity index (χ4v) is 3.00. The minimum Gasteiger partial charge on any atom is -0.366 e. The van der Waals surface area contributed by atoms with Gasteiger partial charge in [0.1, 0.15) is 0 Å². The molecule has 2 bridgehead atoms. The molecule has 4 heteroatoms. The topological polar surface area (TPSA) is 58.9 Å². The molecule has 1 atom stereocenters. The third-order valence-electron chi connectivity index (χ3n) is 2.51. The number of nitrogens with two attached hydrogens (primary N) is 1. The molecule has 3 rings (SSSR count). The molecule has 0 saturated heterocycles. The third-order valence-corrected chi connectivity index (χ3v) is 3.66. The molecule has 1 aromatic heterocycles. The largest absolute Gasteiger partial charge is 0.366 e.